The van der Waals surface area contributed by atoms with Gasteiger partial charge >= 0.3 is 5.97 Å². The molecular formula is C8H7Cl2NO3. The predicted octanol–water partition coefficient (Wildman–Crippen LogP) is 1.51. The molecule has 0 atom stereocenters. The lowest BCUT2D eigenvalue weighted by atomic mass is 10.1. The number of carbonyl (C=O) groups is 1. The zero-order valence-corrected chi connectivity index (χ0v) is 8.51. The molecule has 1 rings (SSSR count). The van der Waals surface area contributed by atoms with E-state index in [-0.39, 0.29) is 34.3 Å². The Morgan fingerprint density at radius 3 is 2.64 bits per heavy atom. The molecule has 0 spiro atoms. The van der Waals surface area contributed by atoms with Gasteiger partial charge in [-0.25, -0.2) is 0 Å². The number of pyridine rings is 1. The average molecular weight is 236 g/mol. The smallest absolute Gasteiger partial charge is 0.307 e. The average Bonchev–Trinajstić information content (AvgIpc) is 2.12. The molecule has 0 aliphatic rings. The van der Waals surface area contributed by atoms with Crippen molar-refractivity contribution < 1.29 is 15.0 Å². The molecule has 0 radical (unpaired) electrons. The zero-order chi connectivity index (χ0) is 10.7. The van der Waals surface area contributed by atoms with Crippen molar-refractivity contribution in [1.82, 2.24) is 4.98 Å². The quantitative estimate of drug-likeness (QED) is 0.834. The first-order valence-corrected chi connectivity index (χ1v) is 4.46. The fourth-order valence-corrected chi connectivity index (χ4v) is 1.51. The van der Waals surface area contributed by atoms with Crippen LogP contribution in [0, 0.1) is 0 Å². The fourth-order valence-electron chi connectivity index (χ4n) is 0.972. The summed E-state index contributed by atoms with van der Waals surface area (Å²) < 4.78 is 0. The minimum Gasteiger partial charge on any atom is -0.481 e. The molecule has 0 fully saturated rings. The molecule has 0 bridgehead atoms. The summed E-state index contributed by atoms with van der Waals surface area (Å²) in [6.45, 7) is -0.345. The highest BCUT2D eigenvalue weighted by molar-refractivity contribution is 6.36. The number of rotatable bonds is 3. The van der Waals surface area contributed by atoms with Crippen LogP contribution >= 0.6 is 23.2 Å². The molecule has 0 saturated carbocycles. The van der Waals surface area contributed by atoms with Crippen molar-refractivity contribution in [3.05, 3.63) is 27.5 Å². The van der Waals surface area contributed by atoms with Gasteiger partial charge in [0.15, 0.2) is 0 Å². The summed E-state index contributed by atoms with van der Waals surface area (Å²) >= 11 is 11.5. The van der Waals surface area contributed by atoms with Gasteiger partial charge in [0.2, 0.25) is 0 Å². The summed E-state index contributed by atoms with van der Waals surface area (Å²) in [6.07, 6.45) is 0.991. The van der Waals surface area contributed by atoms with Crippen molar-refractivity contribution in [2.24, 2.45) is 0 Å². The predicted molar refractivity (Wildman–Crippen MR) is 51.5 cm³/mol. The van der Waals surface area contributed by atoms with Gasteiger partial charge in [-0.1, -0.05) is 23.2 Å². The normalized spacial score (nSPS) is 10.2. The first kappa shape index (κ1) is 11.2. The summed E-state index contributed by atoms with van der Waals surface area (Å²) in [4.78, 5) is 14.2. The third kappa shape index (κ3) is 2.35. The Kier molecular flexibility index (Phi) is 3.69. The topological polar surface area (TPSA) is 70.4 Å². The molecule has 6 heteroatoms. The number of halogens is 2. The summed E-state index contributed by atoms with van der Waals surface area (Å²) in [6, 6.07) is 0. The van der Waals surface area contributed by atoms with Crippen LogP contribution in [0.25, 0.3) is 0 Å². The first-order valence-electron chi connectivity index (χ1n) is 3.70. The molecule has 2 N–H and O–H groups in total. The molecule has 14 heavy (non-hydrogen) atoms. The van der Waals surface area contributed by atoms with Crippen LogP contribution in [-0.2, 0) is 17.8 Å². The van der Waals surface area contributed by atoms with Crippen LogP contribution in [0.1, 0.15) is 11.3 Å². The van der Waals surface area contributed by atoms with Gasteiger partial charge in [-0.05, 0) is 0 Å². The van der Waals surface area contributed by atoms with E-state index in [0.29, 0.717) is 0 Å². The van der Waals surface area contributed by atoms with Crippen LogP contribution in [-0.4, -0.2) is 21.2 Å². The molecule has 1 aromatic rings. The van der Waals surface area contributed by atoms with Crippen LogP contribution in [0.5, 0.6) is 0 Å². The second-order valence-electron chi connectivity index (χ2n) is 2.57. The van der Waals surface area contributed by atoms with E-state index >= 15 is 0 Å². The molecule has 76 valence electrons. The van der Waals surface area contributed by atoms with Gasteiger partial charge < -0.3 is 10.2 Å². The van der Waals surface area contributed by atoms with Crippen molar-refractivity contribution in [3.8, 4) is 0 Å². The van der Waals surface area contributed by atoms with Crippen LogP contribution < -0.4 is 0 Å². The number of aliphatic hydroxyl groups excluding tert-OH is 1. The van der Waals surface area contributed by atoms with Crippen LogP contribution in [0.2, 0.25) is 10.0 Å². The lowest BCUT2D eigenvalue weighted by Gasteiger charge is -2.06. The maximum atomic E-state index is 10.5. The number of hydrogen-bond donors (Lipinski definition) is 2. The van der Waals surface area contributed by atoms with Crippen LogP contribution in [0.15, 0.2) is 6.20 Å². The lowest BCUT2D eigenvalue weighted by molar-refractivity contribution is -0.136. The van der Waals surface area contributed by atoms with E-state index in [0.717, 1.165) is 0 Å². The Balaban J connectivity index is 3.18. The largest absolute Gasteiger partial charge is 0.481 e. The highest BCUT2D eigenvalue weighted by Crippen LogP contribution is 2.26. The van der Waals surface area contributed by atoms with Gasteiger partial charge in [0.05, 0.1) is 28.8 Å². The Morgan fingerprint density at radius 2 is 2.14 bits per heavy atom. The molecule has 0 unspecified atom stereocenters. The highest BCUT2D eigenvalue weighted by atomic mass is 35.5. The summed E-state index contributed by atoms with van der Waals surface area (Å²) in [5.74, 6) is -1.04. The second kappa shape index (κ2) is 4.59. The molecule has 4 nitrogen and oxygen atoms in total. The number of carboxylic acids is 1. The van der Waals surface area contributed by atoms with E-state index in [1.54, 1.807) is 0 Å². The van der Waals surface area contributed by atoms with E-state index in [9.17, 15) is 4.79 Å². The monoisotopic (exact) mass is 235 g/mol. The molecule has 0 aromatic carbocycles. The summed E-state index contributed by atoms with van der Waals surface area (Å²) in [5.41, 5.74) is 0.507. The van der Waals surface area contributed by atoms with Crippen LogP contribution in [0.4, 0.5) is 0 Å². The van der Waals surface area contributed by atoms with E-state index in [2.05, 4.69) is 4.98 Å². The Morgan fingerprint density at radius 1 is 1.50 bits per heavy atom. The first-order chi connectivity index (χ1) is 6.56. The molecule has 1 heterocycles. The third-order valence-corrected chi connectivity index (χ3v) is 2.39. The zero-order valence-electron chi connectivity index (χ0n) is 7.00. The van der Waals surface area contributed by atoms with Crippen molar-refractivity contribution >= 4 is 29.2 Å². The number of aliphatic hydroxyl groups is 1. The molecular weight excluding hydrogens is 229 g/mol. The molecule has 1 aromatic heterocycles. The van der Waals surface area contributed by atoms with Crippen LogP contribution in [0.3, 0.4) is 0 Å². The van der Waals surface area contributed by atoms with E-state index < -0.39 is 5.97 Å². The highest BCUT2D eigenvalue weighted by Gasteiger charge is 2.14. The van der Waals surface area contributed by atoms with Crippen molar-refractivity contribution in [2.75, 3.05) is 0 Å². The standard InChI is InChI=1S/C8H7Cl2NO3/c9-5-2-11-6(3-12)8(10)4(5)1-7(13)14/h2,12H,1,3H2,(H,13,14). The van der Waals surface area contributed by atoms with Gasteiger partial charge in [0, 0.05) is 11.8 Å². The van der Waals surface area contributed by atoms with Crippen molar-refractivity contribution in [1.29, 1.82) is 0 Å². The van der Waals surface area contributed by atoms with Crippen molar-refractivity contribution in [2.45, 2.75) is 13.0 Å². The molecule has 0 aliphatic heterocycles. The molecule has 0 amide bonds. The lowest BCUT2D eigenvalue weighted by Crippen LogP contribution is -2.04. The van der Waals surface area contributed by atoms with Gasteiger partial charge in [0.1, 0.15) is 0 Å². The minimum absolute atomic E-state index is 0.113. The number of aliphatic carboxylic acids is 1. The van der Waals surface area contributed by atoms with Gasteiger partial charge in [-0.15, -0.1) is 0 Å². The maximum Gasteiger partial charge on any atom is 0.307 e. The SMILES string of the molecule is O=C(O)Cc1c(Cl)cnc(CO)c1Cl. The number of hydrogen-bond acceptors (Lipinski definition) is 3. The number of aromatic nitrogens is 1. The Hall–Kier alpha value is -0.840. The maximum absolute atomic E-state index is 10.5. The Labute approximate surface area is 90.1 Å². The second-order valence-corrected chi connectivity index (χ2v) is 3.36. The number of carboxylic acid groups (broad SMARTS) is 1. The van der Waals surface area contributed by atoms with Gasteiger partial charge in [-0.3, -0.25) is 9.78 Å². The summed E-state index contributed by atoms with van der Waals surface area (Å²) in [5, 5.41) is 17.7. The third-order valence-electron chi connectivity index (χ3n) is 1.62. The van der Waals surface area contributed by atoms with E-state index in [1.165, 1.54) is 6.20 Å². The van der Waals surface area contributed by atoms with Gasteiger partial charge in [0.25, 0.3) is 0 Å². The molecule has 0 saturated heterocycles. The van der Waals surface area contributed by atoms with Gasteiger partial charge in [-0.2, -0.15) is 0 Å². The van der Waals surface area contributed by atoms with Crippen molar-refractivity contribution in [3.63, 3.8) is 0 Å². The number of nitrogens with zero attached hydrogens (tertiary/aromatic N) is 1. The summed E-state index contributed by atoms with van der Waals surface area (Å²) in [7, 11) is 0. The fraction of sp³-hybridized carbons (Fsp3) is 0.250. The van der Waals surface area contributed by atoms with E-state index in [4.69, 9.17) is 33.4 Å². The Bertz CT molecular complexity index is 368. The minimum atomic E-state index is -1.04. The van der Waals surface area contributed by atoms with E-state index in [1.807, 2.05) is 0 Å². The molecule has 0 aliphatic carbocycles.